The summed E-state index contributed by atoms with van der Waals surface area (Å²) in [6.07, 6.45) is 4.71. The van der Waals surface area contributed by atoms with E-state index in [4.69, 9.17) is 5.41 Å². The molecule has 0 spiro atoms. The lowest BCUT2D eigenvalue weighted by atomic mass is 9.65. The van der Waals surface area contributed by atoms with Gasteiger partial charge in [-0.2, -0.15) is 0 Å². The number of fused-ring (bicyclic) bond motifs is 2. The maximum atomic E-state index is 11.0. The monoisotopic (exact) mass is 251 g/mol. The Kier molecular flexibility index (Phi) is 3.49. The van der Waals surface area contributed by atoms with E-state index < -0.39 is 0 Å². The Bertz CT molecular complexity index is 353. The second kappa shape index (κ2) is 4.65. The third-order valence-corrected chi connectivity index (χ3v) is 4.35. The number of hydrogen-bond acceptors (Lipinski definition) is 3. The molecule has 1 aliphatic carbocycles. The normalized spacial score (nSPS) is 34.3. The maximum absolute atomic E-state index is 11.0. The molecule has 2 aliphatic rings. The third-order valence-electron chi connectivity index (χ3n) is 4.35. The van der Waals surface area contributed by atoms with Crippen LogP contribution in [0.3, 0.4) is 0 Å². The van der Waals surface area contributed by atoms with Crippen molar-refractivity contribution in [2.75, 3.05) is 19.6 Å². The molecular weight excluding hydrogens is 226 g/mol. The van der Waals surface area contributed by atoms with Crippen LogP contribution in [0.1, 0.15) is 40.0 Å². The highest BCUT2D eigenvalue weighted by Crippen LogP contribution is 2.52. The van der Waals surface area contributed by atoms with Crippen LogP contribution in [0.25, 0.3) is 0 Å². The number of nitrogens with one attached hydrogen (secondary N) is 2. The number of carbonyl (C=O) groups is 1. The van der Waals surface area contributed by atoms with Gasteiger partial charge >= 0.3 is 0 Å². The first-order valence-corrected chi connectivity index (χ1v) is 6.86. The molecule has 0 aromatic rings. The summed E-state index contributed by atoms with van der Waals surface area (Å²) in [6.45, 7) is 9.87. The molecule has 4 heteroatoms. The van der Waals surface area contributed by atoms with Crippen LogP contribution >= 0.6 is 0 Å². The molecule has 2 atom stereocenters. The highest BCUT2D eigenvalue weighted by molar-refractivity contribution is 6.24. The summed E-state index contributed by atoms with van der Waals surface area (Å²) in [6, 6.07) is 0.677. The van der Waals surface area contributed by atoms with Gasteiger partial charge in [0.15, 0.2) is 0 Å². The molecule has 1 saturated carbocycles. The van der Waals surface area contributed by atoms with Crippen molar-refractivity contribution >= 4 is 12.1 Å². The summed E-state index contributed by atoms with van der Waals surface area (Å²) in [5.74, 6) is -0.288. The van der Waals surface area contributed by atoms with E-state index in [1.807, 2.05) is 0 Å². The average molecular weight is 251 g/mol. The van der Waals surface area contributed by atoms with Gasteiger partial charge in [0.2, 0.25) is 0 Å². The van der Waals surface area contributed by atoms with E-state index in [0.29, 0.717) is 23.4 Å². The lowest BCUT2D eigenvalue weighted by Crippen LogP contribution is -2.39. The molecule has 2 fully saturated rings. The zero-order chi connectivity index (χ0) is 13.4. The molecule has 1 saturated heterocycles. The van der Waals surface area contributed by atoms with E-state index in [2.05, 4.69) is 31.0 Å². The van der Waals surface area contributed by atoms with Gasteiger partial charge in [0.1, 0.15) is 0 Å². The highest BCUT2D eigenvalue weighted by Gasteiger charge is 2.49. The van der Waals surface area contributed by atoms with Crippen molar-refractivity contribution in [2.24, 2.45) is 10.8 Å². The summed E-state index contributed by atoms with van der Waals surface area (Å²) in [5.41, 5.74) is 0.905. The largest absolute Gasteiger partial charge is 0.350 e. The van der Waals surface area contributed by atoms with Crippen LogP contribution in [0.2, 0.25) is 0 Å². The first kappa shape index (κ1) is 13.5. The van der Waals surface area contributed by atoms with Crippen LogP contribution < -0.4 is 5.32 Å². The summed E-state index contributed by atoms with van der Waals surface area (Å²) < 4.78 is 0. The van der Waals surface area contributed by atoms with E-state index in [9.17, 15) is 4.79 Å². The molecule has 1 aliphatic heterocycles. The molecule has 4 nitrogen and oxygen atoms in total. The van der Waals surface area contributed by atoms with E-state index in [1.54, 1.807) is 0 Å². The topological polar surface area (TPSA) is 56.2 Å². The minimum Gasteiger partial charge on any atom is -0.350 e. The molecule has 102 valence electrons. The lowest BCUT2D eigenvalue weighted by molar-refractivity contribution is -0.114. The first-order chi connectivity index (χ1) is 8.34. The standard InChI is InChI=1S/C14H25N3O/c1-13(2)6-11-7-14(3,9-13)10-17(11)5-4-16-12(18)8-15/h8,11,15H,4-7,9-10H2,1-3H3,(H,16,18). The minimum absolute atomic E-state index is 0.288. The summed E-state index contributed by atoms with van der Waals surface area (Å²) >= 11 is 0. The van der Waals surface area contributed by atoms with Gasteiger partial charge in [-0.3, -0.25) is 9.69 Å². The zero-order valence-corrected chi connectivity index (χ0v) is 11.8. The minimum atomic E-state index is -0.288. The van der Waals surface area contributed by atoms with Crippen molar-refractivity contribution in [2.45, 2.75) is 46.1 Å². The molecule has 2 N–H and O–H groups in total. The fraction of sp³-hybridized carbons (Fsp3) is 0.857. The summed E-state index contributed by atoms with van der Waals surface area (Å²) in [5, 5.41) is 9.60. The van der Waals surface area contributed by atoms with Crippen LogP contribution in [0.5, 0.6) is 0 Å². The number of hydrogen-bond donors (Lipinski definition) is 2. The van der Waals surface area contributed by atoms with Gasteiger partial charge in [0.05, 0.1) is 6.21 Å². The Labute approximate surface area is 110 Å². The summed E-state index contributed by atoms with van der Waals surface area (Å²) in [4.78, 5) is 13.5. The summed E-state index contributed by atoms with van der Waals surface area (Å²) in [7, 11) is 0. The molecule has 0 aromatic heterocycles. The van der Waals surface area contributed by atoms with Gasteiger partial charge in [0.25, 0.3) is 5.91 Å². The van der Waals surface area contributed by atoms with Crippen molar-refractivity contribution in [1.29, 1.82) is 5.41 Å². The van der Waals surface area contributed by atoms with Crippen LogP contribution in [-0.4, -0.2) is 42.7 Å². The molecule has 0 aromatic carbocycles. The Hall–Kier alpha value is -0.900. The number of nitrogens with zero attached hydrogens (tertiary/aromatic N) is 1. The number of carbonyl (C=O) groups excluding carboxylic acids is 1. The van der Waals surface area contributed by atoms with Gasteiger partial charge in [0, 0.05) is 25.7 Å². The van der Waals surface area contributed by atoms with Crippen LogP contribution in [0.4, 0.5) is 0 Å². The molecule has 2 bridgehead atoms. The van der Waals surface area contributed by atoms with Crippen molar-refractivity contribution in [3.05, 3.63) is 0 Å². The number of amides is 1. The molecule has 2 rings (SSSR count). The van der Waals surface area contributed by atoms with Crippen LogP contribution in [-0.2, 0) is 4.79 Å². The van der Waals surface area contributed by atoms with Crippen LogP contribution in [0.15, 0.2) is 0 Å². The van der Waals surface area contributed by atoms with E-state index in [-0.39, 0.29) is 5.91 Å². The predicted octanol–water partition coefficient (Wildman–Crippen LogP) is 1.65. The SMILES string of the molecule is CC1(C)CC2CC(C)(CN2CCNC(=O)C=N)C1. The third kappa shape index (κ3) is 2.91. The molecular formula is C14H25N3O. The Morgan fingerprint density at radius 2 is 2.17 bits per heavy atom. The van der Waals surface area contributed by atoms with Crippen molar-refractivity contribution in [3.8, 4) is 0 Å². The number of likely N-dealkylation sites (tertiary alicyclic amines) is 1. The Morgan fingerprint density at radius 3 is 2.83 bits per heavy atom. The fourth-order valence-corrected chi connectivity index (χ4v) is 4.21. The lowest BCUT2D eigenvalue weighted by Gasteiger charge is -2.39. The van der Waals surface area contributed by atoms with E-state index >= 15 is 0 Å². The Morgan fingerprint density at radius 1 is 1.44 bits per heavy atom. The van der Waals surface area contributed by atoms with Gasteiger partial charge in [-0.15, -0.1) is 0 Å². The molecule has 0 radical (unpaired) electrons. The highest BCUT2D eigenvalue weighted by atomic mass is 16.1. The zero-order valence-electron chi connectivity index (χ0n) is 11.8. The van der Waals surface area contributed by atoms with Gasteiger partial charge in [-0.05, 0) is 30.1 Å². The van der Waals surface area contributed by atoms with E-state index in [1.165, 1.54) is 19.3 Å². The van der Waals surface area contributed by atoms with Crippen molar-refractivity contribution < 1.29 is 4.79 Å². The van der Waals surface area contributed by atoms with Crippen LogP contribution in [0, 0.1) is 16.2 Å². The molecule has 1 heterocycles. The van der Waals surface area contributed by atoms with E-state index in [0.717, 1.165) is 19.3 Å². The quantitative estimate of drug-likeness (QED) is 0.747. The fourth-order valence-electron chi connectivity index (χ4n) is 4.21. The van der Waals surface area contributed by atoms with Gasteiger partial charge < -0.3 is 10.7 Å². The smallest absolute Gasteiger partial charge is 0.261 e. The first-order valence-electron chi connectivity index (χ1n) is 6.86. The van der Waals surface area contributed by atoms with Crippen molar-refractivity contribution in [1.82, 2.24) is 10.2 Å². The average Bonchev–Trinajstić information content (AvgIpc) is 2.47. The second-order valence-corrected chi connectivity index (χ2v) is 7.12. The predicted molar refractivity (Wildman–Crippen MR) is 72.9 cm³/mol. The second-order valence-electron chi connectivity index (χ2n) is 7.12. The van der Waals surface area contributed by atoms with Gasteiger partial charge in [-0.25, -0.2) is 0 Å². The maximum Gasteiger partial charge on any atom is 0.261 e. The Balaban J connectivity index is 1.89. The molecule has 18 heavy (non-hydrogen) atoms. The molecule has 2 unspecified atom stereocenters. The van der Waals surface area contributed by atoms with Crippen molar-refractivity contribution in [3.63, 3.8) is 0 Å². The van der Waals surface area contributed by atoms with Gasteiger partial charge in [-0.1, -0.05) is 20.8 Å². The molecule has 1 amide bonds. The number of rotatable bonds is 4.